The minimum atomic E-state index is -0.656. The van der Waals surface area contributed by atoms with Gasteiger partial charge in [-0.05, 0) is 20.8 Å². The normalized spacial score (nSPS) is 25.3. The summed E-state index contributed by atoms with van der Waals surface area (Å²) in [4.78, 5) is 23.8. The van der Waals surface area contributed by atoms with Crippen LogP contribution in [0.5, 0.6) is 0 Å². The maximum absolute atomic E-state index is 11.3. The molecule has 2 amide bonds. The Balaban J connectivity index is 2.92. The van der Waals surface area contributed by atoms with Crippen LogP contribution in [0, 0.1) is 0 Å². The highest BCUT2D eigenvalue weighted by Gasteiger charge is 2.42. The second-order valence-electron chi connectivity index (χ2n) is 3.91. The van der Waals surface area contributed by atoms with Gasteiger partial charge in [0.1, 0.15) is 5.38 Å². The van der Waals surface area contributed by atoms with Crippen molar-refractivity contribution in [2.75, 3.05) is 0 Å². The van der Waals surface area contributed by atoms with Crippen LogP contribution in [0.3, 0.4) is 0 Å². The molecular weight excluding hydrogens is 178 g/mol. The Morgan fingerprint density at radius 2 is 1.92 bits per heavy atom. The van der Waals surface area contributed by atoms with E-state index in [0.29, 0.717) is 0 Å². The Morgan fingerprint density at radius 3 is 2.08 bits per heavy atom. The topological polar surface area (TPSA) is 37.4 Å². The molecule has 4 heteroatoms. The molecular formula is C8H12ClNO2. The smallest absolute Gasteiger partial charge is 0.248 e. The quantitative estimate of drug-likeness (QED) is 0.424. The summed E-state index contributed by atoms with van der Waals surface area (Å²) in [6, 6.07) is 0. The van der Waals surface area contributed by atoms with E-state index < -0.39 is 10.9 Å². The molecule has 1 saturated heterocycles. The second kappa shape index (κ2) is 2.73. The first-order valence-corrected chi connectivity index (χ1v) is 4.28. The van der Waals surface area contributed by atoms with E-state index in [9.17, 15) is 9.59 Å². The lowest BCUT2D eigenvalue weighted by Crippen LogP contribution is -2.45. The van der Waals surface area contributed by atoms with Gasteiger partial charge in [-0.25, -0.2) is 0 Å². The fourth-order valence-corrected chi connectivity index (χ4v) is 1.53. The molecule has 3 nitrogen and oxygen atoms in total. The number of halogens is 1. The summed E-state index contributed by atoms with van der Waals surface area (Å²) >= 11 is 5.65. The first-order valence-electron chi connectivity index (χ1n) is 3.85. The number of alkyl halides is 1. The van der Waals surface area contributed by atoms with Crippen molar-refractivity contribution in [1.82, 2.24) is 4.90 Å². The number of carbonyl (C=O) groups is 2. The van der Waals surface area contributed by atoms with E-state index in [1.54, 1.807) is 0 Å². The minimum Gasteiger partial charge on any atom is -0.276 e. The molecule has 12 heavy (non-hydrogen) atoms. The molecule has 1 aliphatic rings. The molecule has 1 fully saturated rings. The number of rotatable bonds is 0. The molecule has 0 N–H and O–H groups in total. The van der Waals surface area contributed by atoms with Gasteiger partial charge in [0.25, 0.3) is 0 Å². The highest BCUT2D eigenvalue weighted by atomic mass is 35.5. The zero-order valence-electron chi connectivity index (χ0n) is 7.43. The maximum atomic E-state index is 11.3. The minimum absolute atomic E-state index is 0.137. The lowest BCUT2D eigenvalue weighted by Gasteiger charge is -2.29. The third kappa shape index (κ3) is 1.46. The van der Waals surface area contributed by atoms with Crippen LogP contribution >= 0.6 is 11.6 Å². The number of nitrogens with zero attached hydrogens (tertiary/aromatic N) is 1. The zero-order valence-corrected chi connectivity index (χ0v) is 8.18. The third-order valence-corrected chi connectivity index (χ3v) is 2.10. The Morgan fingerprint density at radius 1 is 1.42 bits per heavy atom. The number of likely N-dealkylation sites (tertiary alicyclic amines) is 1. The van der Waals surface area contributed by atoms with Crippen molar-refractivity contribution in [1.29, 1.82) is 0 Å². The van der Waals surface area contributed by atoms with Crippen LogP contribution in [-0.2, 0) is 9.59 Å². The molecule has 1 heterocycles. The predicted octanol–water partition coefficient (Wildman–Crippen LogP) is 1.15. The van der Waals surface area contributed by atoms with Crippen molar-refractivity contribution in [3.63, 3.8) is 0 Å². The highest BCUT2D eigenvalue weighted by molar-refractivity contribution is 6.35. The molecule has 0 spiro atoms. The van der Waals surface area contributed by atoms with Crippen molar-refractivity contribution in [3.8, 4) is 0 Å². The van der Waals surface area contributed by atoms with Gasteiger partial charge in [-0.2, -0.15) is 0 Å². The SMILES string of the molecule is CC(C)(C)N1C(=O)CC(Cl)C1=O. The van der Waals surface area contributed by atoms with Crippen LogP contribution in [0.2, 0.25) is 0 Å². The molecule has 68 valence electrons. The van der Waals surface area contributed by atoms with E-state index in [1.165, 1.54) is 4.90 Å². The van der Waals surface area contributed by atoms with Crippen molar-refractivity contribution in [2.45, 2.75) is 38.1 Å². The van der Waals surface area contributed by atoms with E-state index in [-0.39, 0.29) is 18.2 Å². The number of imide groups is 1. The molecule has 1 unspecified atom stereocenters. The average Bonchev–Trinajstić information content (AvgIpc) is 2.05. The van der Waals surface area contributed by atoms with E-state index in [1.807, 2.05) is 20.8 Å². The molecule has 0 aromatic rings. The van der Waals surface area contributed by atoms with E-state index >= 15 is 0 Å². The third-order valence-electron chi connectivity index (χ3n) is 1.76. The standard InChI is InChI=1S/C8H12ClNO2/c1-8(2,3)10-6(11)4-5(9)7(10)12/h5H,4H2,1-3H3. The largest absolute Gasteiger partial charge is 0.276 e. The molecule has 0 saturated carbocycles. The molecule has 0 aromatic carbocycles. The average molecular weight is 190 g/mol. The van der Waals surface area contributed by atoms with Gasteiger partial charge in [0.2, 0.25) is 11.8 Å². The first-order chi connectivity index (χ1) is 5.34. The Kier molecular flexibility index (Phi) is 2.17. The summed E-state index contributed by atoms with van der Waals surface area (Å²) in [5.74, 6) is -0.443. The lowest BCUT2D eigenvalue weighted by molar-refractivity contribution is -0.143. The Labute approximate surface area is 76.7 Å². The molecule has 0 radical (unpaired) electrons. The van der Waals surface area contributed by atoms with Gasteiger partial charge < -0.3 is 0 Å². The van der Waals surface area contributed by atoms with Crippen LogP contribution < -0.4 is 0 Å². The first kappa shape index (κ1) is 9.52. The number of carbonyl (C=O) groups excluding carboxylic acids is 2. The highest BCUT2D eigenvalue weighted by Crippen LogP contribution is 2.25. The van der Waals surface area contributed by atoms with Crippen LogP contribution in [0.25, 0.3) is 0 Å². The maximum Gasteiger partial charge on any atom is 0.248 e. The Hall–Kier alpha value is -0.570. The lowest BCUT2D eigenvalue weighted by atomic mass is 10.1. The van der Waals surface area contributed by atoms with Crippen molar-refractivity contribution < 1.29 is 9.59 Å². The van der Waals surface area contributed by atoms with Crippen LogP contribution in [0.4, 0.5) is 0 Å². The van der Waals surface area contributed by atoms with Gasteiger partial charge in [0.05, 0.1) is 6.42 Å². The van der Waals surface area contributed by atoms with Gasteiger partial charge in [0, 0.05) is 5.54 Å². The molecule has 1 rings (SSSR count). The zero-order chi connectivity index (χ0) is 9.52. The van der Waals surface area contributed by atoms with Gasteiger partial charge >= 0.3 is 0 Å². The summed E-state index contributed by atoms with van der Waals surface area (Å²) in [6.07, 6.45) is 0.137. The van der Waals surface area contributed by atoms with E-state index in [0.717, 1.165) is 0 Å². The number of hydrogen-bond acceptors (Lipinski definition) is 2. The van der Waals surface area contributed by atoms with E-state index in [2.05, 4.69) is 0 Å². The van der Waals surface area contributed by atoms with Crippen LogP contribution in [0.15, 0.2) is 0 Å². The van der Waals surface area contributed by atoms with Gasteiger partial charge in [-0.1, -0.05) is 0 Å². The summed E-state index contributed by atoms with van der Waals surface area (Å²) in [6.45, 7) is 5.45. The molecule has 1 atom stereocenters. The Bertz CT molecular complexity index is 232. The van der Waals surface area contributed by atoms with Crippen molar-refractivity contribution in [3.05, 3.63) is 0 Å². The molecule has 1 aliphatic heterocycles. The molecule has 0 bridgehead atoms. The van der Waals surface area contributed by atoms with Crippen molar-refractivity contribution >= 4 is 23.4 Å². The fraction of sp³-hybridized carbons (Fsp3) is 0.750. The summed E-state index contributed by atoms with van der Waals surface area (Å²) < 4.78 is 0. The summed E-state index contributed by atoms with van der Waals surface area (Å²) in [5, 5.41) is -0.656. The summed E-state index contributed by atoms with van der Waals surface area (Å²) in [7, 11) is 0. The molecule has 0 aromatic heterocycles. The summed E-state index contributed by atoms with van der Waals surface area (Å²) in [5.41, 5.74) is -0.447. The van der Waals surface area contributed by atoms with Crippen LogP contribution in [-0.4, -0.2) is 27.6 Å². The number of amides is 2. The van der Waals surface area contributed by atoms with Crippen LogP contribution in [0.1, 0.15) is 27.2 Å². The van der Waals surface area contributed by atoms with E-state index in [4.69, 9.17) is 11.6 Å². The van der Waals surface area contributed by atoms with Gasteiger partial charge in [-0.15, -0.1) is 11.6 Å². The van der Waals surface area contributed by atoms with Crippen molar-refractivity contribution in [2.24, 2.45) is 0 Å². The molecule has 0 aliphatic carbocycles. The monoisotopic (exact) mass is 189 g/mol. The second-order valence-corrected chi connectivity index (χ2v) is 4.44. The van der Waals surface area contributed by atoms with Gasteiger partial charge in [-0.3, -0.25) is 14.5 Å². The van der Waals surface area contributed by atoms with Gasteiger partial charge in [0.15, 0.2) is 0 Å². The fourth-order valence-electron chi connectivity index (χ4n) is 1.30. The predicted molar refractivity (Wildman–Crippen MR) is 45.9 cm³/mol. The number of hydrogen-bond donors (Lipinski definition) is 0.